The maximum Gasteiger partial charge on any atom is 0.483 e. The number of H-pyrrole nitrogens is 1. The number of aliphatic hydroxyl groups excluding tert-OH is 5. The summed E-state index contributed by atoms with van der Waals surface area (Å²) in [5.74, 6) is -1.99. The number of nitrogens with one attached hydrogen (secondary N) is 1. The van der Waals surface area contributed by atoms with E-state index in [1.807, 2.05) is 4.98 Å². The van der Waals surface area contributed by atoms with E-state index in [1.165, 1.54) is 0 Å². The van der Waals surface area contributed by atoms with Crippen molar-refractivity contribution in [2.24, 2.45) is 5.92 Å². The number of hydrogen-bond donors (Lipinski definition) is 8. The molecular weight excluding hydrogens is 578 g/mol. The predicted octanol–water partition coefficient (Wildman–Crippen LogP) is -3.56. The van der Waals surface area contributed by atoms with E-state index >= 15 is 0 Å². The standard InChI is InChI=1S/C18H28N2O17P2/c1-7(22)4-8-12(24)13(25)9(5-21)35-17(8)36-39(31,32)37-38(29,30)33-6-10-14(26)15(27)16(34-10)20-3-2-11(23)19-18(20)28/h2-3,8-10,12-17,21,24-27H,4-6H2,1H3,(H,29,30)(H,31,32)(H,19,23,28). The van der Waals surface area contributed by atoms with E-state index in [0.717, 1.165) is 23.8 Å². The monoisotopic (exact) mass is 606 g/mol. The van der Waals surface area contributed by atoms with Crippen LogP contribution in [0.3, 0.4) is 0 Å². The largest absolute Gasteiger partial charge is 0.483 e. The molecule has 2 aliphatic heterocycles. The number of phosphoric acid groups is 2. The quantitative estimate of drug-likeness (QED) is 0.113. The Labute approximate surface area is 218 Å². The second-order valence-corrected chi connectivity index (χ2v) is 11.8. The molecule has 0 aliphatic carbocycles. The lowest BCUT2D eigenvalue weighted by Crippen LogP contribution is -2.56. The van der Waals surface area contributed by atoms with Crippen LogP contribution in [-0.2, 0) is 36.8 Å². The van der Waals surface area contributed by atoms with Gasteiger partial charge in [0.25, 0.3) is 5.56 Å². The summed E-state index contributed by atoms with van der Waals surface area (Å²) in [7, 11) is -11.1. The van der Waals surface area contributed by atoms with E-state index in [-0.39, 0.29) is 0 Å². The number of aromatic amines is 1. The van der Waals surface area contributed by atoms with Crippen LogP contribution in [0.2, 0.25) is 0 Å². The highest BCUT2D eigenvalue weighted by atomic mass is 31.3. The van der Waals surface area contributed by atoms with Crippen LogP contribution in [0.15, 0.2) is 21.9 Å². The molecule has 21 heteroatoms. The molecule has 19 nitrogen and oxygen atoms in total. The van der Waals surface area contributed by atoms with Crippen LogP contribution < -0.4 is 11.2 Å². The van der Waals surface area contributed by atoms with E-state index in [1.54, 1.807) is 0 Å². The Hall–Kier alpha value is -1.67. The molecule has 2 fully saturated rings. The summed E-state index contributed by atoms with van der Waals surface area (Å²) in [6.45, 7) is -0.788. The first-order valence-electron chi connectivity index (χ1n) is 11.2. The molecule has 3 heterocycles. The Kier molecular flexibility index (Phi) is 10.2. The third-order valence-electron chi connectivity index (χ3n) is 5.84. The van der Waals surface area contributed by atoms with Crippen molar-refractivity contribution in [1.82, 2.24) is 9.55 Å². The fourth-order valence-corrected chi connectivity index (χ4v) is 6.18. The fourth-order valence-electron chi connectivity index (χ4n) is 3.99. The molecule has 8 N–H and O–H groups in total. The first-order valence-corrected chi connectivity index (χ1v) is 14.2. The third kappa shape index (κ3) is 7.75. The number of hydrogen-bond acceptors (Lipinski definition) is 15. The number of Topliss-reactive ketones (excluding diaryl/α,β-unsaturated/α-hetero) is 1. The third-order valence-corrected chi connectivity index (χ3v) is 8.44. The molecule has 2 saturated heterocycles. The zero-order chi connectivity index (χ0) is 29.3. The van der Waals surface area contributed by atoms with Crippen molar-refractivity contribution >= 4 is 21.4 Å². The molecule has 3 rings (SSSR count). The molecule has 39 heavy (non-hydrogen) atoms. The van der Waals surface area contributed by atoms with Gasteiger partial charge in [-0.15, -0.1) is 0 Å². The SMILES string of the molecule is CC(=O)CC1C(OP(=O)(O)OP(=O)(O)OCC2OC(n3ccc(=O)[nH]c3=O)C(O)C2O)OC(CO)C(O)C1O. The molecule has 0 bridgehead atoms. The molecule has 0 radical (unpaired) electrons. The summed E-state index contributed by atoms with van der Waals surface area (Å²) in [5, 5.41) is 50.0. The lowest BCUT2D eigenvalue weighted by molar-refractivity contribution is -0.263. The van der Waals surface area contributed by atoms with E-state index in [4.69, 9.17) is 14.0 Å². The maximum absolute atomic E-state index is 12.5. The summed E-state index contributed by atoms with van der Waals surface area (Å²) in [4.78, 5) is 56.6. The molecule has 11 unspecified atom stereocenters. The van der Waals surface area contributed by atoms with Crippen LogP contribution in [0, 0.1) is 5.92 Å². The van der Waals surface area contributed by atoms with Crippen molar-refractivity contribution in [1.29, 1.82) is 0 Å². The highest BCUT2D eigenvalue weighted by Gasteiger charge is 2.50. The van der Waals surface area contributed by atoms with Gasteiger partial charge in [0, 0.05) is 24.6 Å². The van der Waals surface area contributed by atoms with Gasteiger partial charge in [-0.3, -0.25) is 23.4 Å². The molecule has 1 aromatic heterocycles. The average Bonchev–Trinajstić information content (AvgIpc) is 3.10. The number of phosphoric ester groups is 2. The van der Waals surface area contributed by atoms with Crippen molar-refractivity contribution in [2.75, 3.05) is 13.2 Å². The Morgan fingerprint density at radius 3 is 2.26 bits per heavy atom. The second-order valence-electron chi connectivity index (χ2n) is 8.76. The van der Waals surface area contributed by atoms with Crippen LogP contribution in [-0.4, -0.2) is 107 Å². The first kappa shape index (κ1) is 31.9. The summed E-state index contributed by atoms with van der Waals surface area (Å²) >= 11 is 0. The highest BCUT2D eigenvalue weighted by molar-refractivity contribution is 7.61. The first-order chi connectivity index (χ1) is 18.0. The van der Waals surface area contributed by atoms with Gasteiger partial charge in [0.1, 0.15) is 36.3 Å². The van der Waals surface area contributed by atoms with Gasteiger partial charge < -0.3 is 49.6 Å². The Morgan fingerprint density at radius 2 is 1.67 bits per heavy atom. The van der Waals surface area contributed by atoms with Crippen molar-refractivity contribution < 1.29 is 72.1 Å². The molecule has 0 aromatic carbocycles. The maximum atomic E-state index is 12.5. The van der Waals surface area contributed by atoms with E-state index in [9.17, 15) is 58.8 Å². The summed E-state index contributed by atoms with van der Waals surface area (Å²) in [6.07, 6.45) is -13.2. The van der Waals surface area contributed by atoms with Gasteiger partial charge in [-0.1, -0.05) is 0 Å². The van der Waals surface area contributed by atoms with Crippen LogP contribution in [0.5, 0.6) is 0 Å². The van der Waals surface area contributed by atoms with Crippen molar-refractivity contribution in [2.45, 2.75) is 62.5 Å². The molecule has 0 spiro atoms. The zero-order valence-corrected chi connectivity index (χ0v) is 21.8. The predicted molar refractivity (Wildman–Crippen MR) is 122 cm³/mol. The Morgan fingerprint density at radius 1 is 1.03 bits per heavy atom. The van der Waals surface area contributed by atoms with Gasteiger partial charge >= 0.3 is 21.3 Å². The van der Waals surface area contributed by atoms with Gasteiger partial charge in [-0.25, -0.2) is 13.9 Å². The molecule has 0 amide bonds. The van der Waals surface area contributed by atoms with Crippen LogP contribution in [0.4, 0.5) is 0 Å². The number of carbonyl (C=O) groups is 1. The smallest absolute Gasteiger partial charge is 0.394 e. The van der Waals surface area contributed by atoms with Gasteiger partial charge in [0.15, 0.2) is 12.5 Å². The van der Waals surface area contributed by atoms with E-state index in [0.29, 0.717) is 0 Å². The van der Waals surface area contributed by atoms with Gasteiger partial charge in [-0.05, 0) is 6.92 Å². The number of aromatic nitrogens is 2. The number of aliphatic hydroxyl groups is 5. The van der Waals surface area contributed by atoms with Crippen molar-refractivity contribution in [3.8, 4) is 0 Å². The molecule has 222 valence electrons. The topological polar surface area (TPSA) is 294 Å². The van der Waals surface area contributed by atoms with E-state index < -0.39 is 107 Å². The van der Waals surface area contributed by atoms with Crippen LogP contribution in [0.1, 0.15) is 19.6 Å². The highest BCUT2D eigenvalue weighted by Crippen LogP contribution is 2.62. The lowest BCUT2D eigenvalue weighted by Gasteiger charge is -2.41. The number of rotatable bonds is 11. The van der Waals surface area contributed by atoms with Crippen LogP contribution in [0.25, 0.3) is 0 Å². The van der Waals surface area contributed by atoms with Crippen molar-refractivity contribution in [3.63, 3.8) is 0 Å². The Balaban J connectivity index is 1.66. The molecular formula is C18H28N2O17P2. The van der Waals surface area contributed by atoms with Gasteiger partial charge in [0.05, 0.1) is 19.3 Å². The number of ether oxygens (including phenoxy) is 2. The number of nitrogens with zero attached hydrogens (tertiary/aromatic N) is 1. The summed E-state index contributed by atoms with van der Waals surface area (Å²) in [6, 6.07) is 0.932. The molecule has 0 saturated carbocycles. The Bertz CT molecular complexity index is 1240. The normalized spacial score (nSPS) is 36.3. The average molecular weight is 606 g/mol. The fraction of sp³-hybridized carbons (Fsp3) is 0.722. The number of carbonyl (C=O) groups excluding carboxylic acids is 1. The van der Waals surface area contributed by atoms with Gasteiger partial charge in [0.2, 0.25) is 0 Å². The lowest BCUT2D eigenvalue weighted by atomic mass is 9.87. The summed E-state index contributed by atoms with van der Waals surface area (Å²) < 4.78 is 49.4. The minimum atomic E-state index is -5.59. The van der Waals surface area contributed by atoms with Gasteiger partial charge in [-0.2, -0.15) is 4.31 Å². The molecule has 11 atom stereocenters. The second kappa shape index (κ2) is 12.5. The van der Waals surface area contributed by atoms with Crippen LogP contribution >= 0.6 is 15.6 Å². The summed E-state index contributed by atoms with van der Waals surface area (Å²) in [5.41, 5.74) is -1.74. The minimum Gasteiger partial charge on any atom is -0.394 e. The number of ketones is 1. The van der Waals surface area contributed by atoms with Crippen molar-refractivity contribution in [3.05, 3.63) is 33.1 Å². The zero-order valence-electron chi connectivity index (χ0n) is 20.0. The minimum absolute atomic E-state index is 0.521. The van der Waals surface area contributed by atoms with E-state index in [2.05, 4.69) is 8.83 Å². The molecule has 2 aliphatic rings. The molecule has 1 aromatic rings.